The van der Waals surface area contributed by atoms with Crippen LogP contribution in [0.3, 0.4) is 0 Å². The molecule has 0 saturated carbocycles. The molecule has 2 amide bonds. The van der Waals surface area contributed by atoms with Crippen molar-refractivity contribution in [1.82, 2.24) is 25.5 Å². The number of nitrogens with zero attached hydrogens (tertiary/aromatic N) is 3. The summed E-state index contributed by atoms with van der Waals surface area (Å²) in [5.41, 5.74) is 4.42. The largest absolute Gasteiger partial charge is 0.369 e. The molecule has 5 rings (SSSR count). The van der Waals surface area contributed by atoms with E-state index in [-0.39, 0.29) is 6.04 Å². The maximum atomic E-state index is 12.6. The number of benzene rings is 2. The zero-order chi connectivity index (χ0) is 25.5. The van der Waals surface area contributed by atoms with Crippen LogP contribution in [0.25, 0.3) is 10.9 Å². The first-order chi connectivity index (χ1) is 18.2. The van der Waals surface area contributed by atoms with Crippen molar-refractivity contribution >= 4 is 28.4 Å². The highest BCUT2D eigenvalue weighted by Crippen LogP contribution is 2.23. The lowest BCUT2D eigenvalue weighted by molar-refractivity contribution is -0.139. The Morgan fingerprint density at radius 3 is 2.43 bits per heavy atom. The summed E-state index contributed by atoms with van der Waals surface area (Å²) in [5, 5.41) is 6.74. The number of aromatic amines is 1. The highest BCUT2D eigenvalue weighted by atomic mass is 16.2. The summed E-state index contributed by atoms with van der Waals surface area (Å²) in [7, 11) is 0. The molecule has 37 heavy (non-hydrogen) atoms. The van der Waals surface area contributed by atoms with Crippen LogP contribution < -0.4 is 15.5 Å². The Bertz CT molecular complexity index is 1320. The number of carbonyl (C=O) groups excluding carboxylic acids is 2. The number of nitrogens with one attached hydrogen (secondary N) is 3. The Kier molecular flexibility index (Phi) is 7.76. The normalized spacial score (nSPS) is 14.9. The van der Waals surface area contributed by atoms with Crippen molar-refractivity contribution in [3.8, 4) is 0 Å². The van der Waals surface area contributed by atoms with Gasteiger partial charge in [0.2, 0.25) is 0 Å². The van der Waals surface area contributed by atoms with E-state index < -0.39 is 11.8 Å². The van der Waals surface area contributed by atoms with Crippen LogP contribution in [0.1, 0.15) is 17.2 Å². The molecule has 0 radical (unpaired) electrons. The molecule has 0 unspecified atom stereocenters. The molecule has 1 aliphatic heterocycles. The summed E-state index contributed by atoms with van der Waals surface area (Å²) < 4.78 is 0. The highest BCUT2D eigenvalue weighted by Gasteiger charge is 2.26. The van der Waals surface area contributed by atoms with Crippen LogP contribution >= 0.6 is 0 Å². The third kappa shape index (κ3) is 5.98. The van der Waals surface area contributed by atoms with Crippen LogP contribution in [0.5, 0.6) is 0 Å². The van der Waals surface area contributed by atoms with E-state index in [0.29, 0.717) is 19.5 Å². The lowest BCUT2D eigenvalue weighted by atomic mass is 10.1. The monoisotopic (exact) mass is 496 g/mol. The van der Waals surface area contributed by atoms with Gasteiger partial charge in [-0.2, -0.15) is 0 Å². The smallest absolute Gasteiger partial charge is 0.309 e. The van der Waals surface area contributed by atoms with Crippen LogP contribution in [0.15, 0.2) is 85.3 Å². The van der Waals surface area contributed by atoms with E-state index in [1.807, 2.05) is 54.9 Å². The zero-order valence-corrected chi connectivity index (χ0v) is 20.8. The highest BCUT2D eigenvalue weighted by molar-refractivity contribution is 6.35. The van der Waals surface area contributed by atoms with E-state index in [1.165, 1.54) is 5.69 Å². The Hall–Kier alpha value is -4.17. The Balaban J connectivity index is 1.15. The predicted octanol–water partition coefficient (Wildman–Crippen LogP) is 2.90. The molecule has 2 aromatic heterocycles. The number of rotatable bonds is 8. The van der Waals surface area contributed by atoms with E-state index >= 15 is 0 Å². The van der Waals surface area contributed by atoms with Crippen LogP contribution in [0, 0.1) is 0 Å². The van der Waals surface area contributed by atoms with Gasteiger partial charge in [0.15, 0.2) is 0 Å². The minimum atomic E-state index is -0.615. The number of pyridine rings is 1. The standard InChI is InChI=1S/C29H32N6O2/c36-28(31-14-12-22-20-32-26-11-5-4-10-25(22)26)29(37)33-21-27(23-7-6-13-30-19-23)35-17-15-34(16-18-35)24-8-2-1-3-9-24/h1-11,13,19-20,27,32H,12,14-18,21H2,(H,31,36)(H,33,37)/t27-/m1/s1. The zero-order valence-electron chi connectivity index (χ0n) is 20.8. The second kappa shape index (κ2) is 11.7. The number of hydrogen-bond donors (Lipinski definition) is 3. The van der Waals surface area contributed by atoms with Gasteiger partial charge in [0.1, 0.15) is 0 Å². The molecule has 1 fully saturated rings. The summed E-state index contributed by atoms with van der Waals surface area (Å²) in [6.07, 6.45) is 6.18. The fourth-order valence-corrected chi connectivity index (χ4v) is 4.96. The van der Waals surface area contributed by atoms with Gasteiger partial charge in [0.05, 0.1) is 6.04 Å². The first-order valence-electron chi connectivity index (χ1n) is 12.7. The van der Waals surface area contributed by atoms with Gasteiger partial charge in [-0.1, -0.05) is 42.5 Å². The Labute approximate surface area is 216 Å². The maximum absolute atomic E-state index is 12.6. The van der Waals surface area contributed by atoms with Crippen molar-refractivity contribution in [2.24, 2.45) is 0 Å². The third-order valence-corrected chi connectivity index (χ3v) is 6.96. The molecule has 0 bridgehead atoms. The maximum Gasteiger partial charge on any atom is 0.309 e. The molecule has 0 spiro atoms. The average Bonchev–Trinajstić information content (AvgIpc) is 3.37. The summed E-state index contributed by atoms with van der Waals surface area (Å²) in [4.78, 5) is 37.4. The quantitative estimate of drug-likeness (QED) is 0.326. The minimum absolute atomic E-state index is 0.0606. The molecule has 1 atom stereocenters. The van der Waals surface area contributed by atoms with Crippen LogP contribution in [0.2, 0.25) is 0 Å². The molecular weight excluding hydrogens is 464 g/mol. The third-order valence-electron chi connectivity index (χ3n) is 6.96. The van der Waals surface area contributed by atoms with Gasteiger partial charge >= 0.3 is 11.8 Å². The molecule has 2 aromatic carbocycles. The molecule has 4 aromatic rings. The Morgan fingerprint density at radius 2 is 1.65 bits per heavy atom. The molecule has 190 valence electrons. The summed E-state index contributed by atoms with van der Waals surface area (Å²) in [6.45, 7) is 4.21. The van der Waals surface area contributed by atoms with Crippen LogP contribution in [-0.4, -0.2) is 66.0 Å². The lowest BCUT2D eigenvalue weighted by Crippen LogP contribution is -2.51. The summed E-state index contributed by atoms with van der Waals surface area (Å²) in [6, 6.07) is 22.3. The number of anilines is 1. The number of aromatic nitrogens is 2. The average molecular weight is 497 g/mol. The molecule has 3 heterocycles. The van der Waals surface area contributed by atoms with E-state index in [1.54, 1.807) is 6.20 Å². The van der Waals surface area contributed by atoms with Gasteiger partial charge in [0, 0.05) is 74.4 Å². The van der Waals surface area contributed by atoms with Crippen LogP contribution in [0.4, 0.5) is 5.69 Å². The molecule has 1 aliphatic rings. The number of hydrogen-bond acceptors (Lipinski definition) is 5. The molecular formula is C29H32N6O2. The molecule has 3 N–H and O–H groups in total. The first kappa shape index (κ1) is 24.5. The summed E-state index contributed by atoms with van der Waals surface area (Å²) in [5.74, 6) is -1.23. The molecule has 0 aliphatic carbocycles. The van der Waals surface area contributed by atoms with Crippen molar-refractivity contribution in [1.29, 1.82) is 0 Å². The fourth-order valence-electron chi connectivity index (χ4n) is 4.96. The van der Waals surface area contributed by atoms with E-state index in [0.717, 1.165) is 48.2 Å². The Morgan fingerprint density at radius 1 is 0.892 bits per heavy atom. The molecule has 1 saturated heterocycles. The fraction of sp³-hybridized carbons (Fsp3) is 0.276. The summed E-state index contributed by atoms with van der Waals surface area (Å²) >= 11 is 0. The van der Waals surface area contributed by atoms with Crippen molar-refractivity contribution in [3.05, 3.63) is 96.4 Å². The van der Waals surface area contributed by atoms with E-state index in [2.05, 4.69) is 54.7 Å². The number of amides is 2. The number of carbonyl (C=O) groups is 2. The van der Waals surface area contributed by atoms with Crippen molar-refractivity contribution < 1.29 is 9.59 Å². The second-order valence-corrected chi connectivity index (χ2v) is 9.24. The van der Waals surface area contributed by atoms with Gasteiger partial charge in [-0.05, 0) is 41.8 Å². The topological polar surface area (TPSA) is 93.4 Å². The minimum Gasteiger partial charge on any atom is -0.369 e. The van der Waals surface area contributed by atoms with Gasteiger partial charge in [0.25, 0.3) is 0 Å². The van der Waals surface area contributed by atoms with Gasteiger partial charge < -0.3 is 20.5 Å². The van der Waals surface area contributed by atoms with E-state index in [4.69, 9.17) is 0 Å². The number of H-pyrrole nitrogens is 1. The van der Waals surface area contributed by atoms with Crippen LogP contribution in [-0.2, 0) is 16.0 Å². The van der Waals surface area contributed by atoms with Gasteiger partial charge in [-0.25, -0.2) is 0 Å². The van der Waals surface area contributed by atoms with Crippen molar-refractivity contribution in [3.63, 3.8) is 0 Å². The number of piperazine rings is 1. The first-order valence-corrected chi connectivity index (χ1v) is 12.7. The van der Waals surface area contributed by atoms with Gasteiger partial charge in [-0.3, -0.25) is 19.5 Å². The molecule has 8 nitrogen and oxygen atoms in total. The SMILES string of the molecule is O=C(NCCc1c[nH]c2ccccc12)C(=O)NC[C@H](c1cccnc1)N1CCN(c2ccccc2)CC1. The number of para-hydroxylation sites is 2. The van der Waals surface area contributed by atoms with E-state index in [9.17, 15) is 9.59 Å². The predicted molar refractivity (Wildman–Crippen MR) is 145 cm³/mol. The molecule has 8 heteroatoms. The van der Waals surface area contributed by atoms with Crippen molar-refractivity contribution in [2.75, 3.05) is 44.2 Å². The second-order valence-electron chi connectivity index (χ2n) is 9.24. The lowest BCUT2D eigenvalue weighted by Gasteiger charge is -2.40. The van der Waals surface area contributed by atoms with Gasteiger partial charge in [-0.15, -0.1) is 0 Å². The number of fused-ring (bicyclic) bond motifs is 1. The van der Waals surface area contributed by atoms with Crippen molar-refractivity contribution in [2.45, 2.75) is 12.5 Å².